The predicted molar refractivity (Wildman–Crippen MR) is 96.2 cm³/mol. The van der Waals surface area contributed by atoms with Crippen LogP contribution in [-0.4, -0.2) is 36.6 Å². The van der Waals surface area contributed by atoms with E-state index in [4.69, 9.17) is 9.47 Å². The summed E-state index contributed by atoms with van der Waals surface area (Å²) in [6.45, 7) is 3.98. The van der Waals surface area contributed by atoms with Crippen LogP contribution in [0.15, 0.2) is 42.7 Å². The molecule has 1 amide bonds. The van der Waals surface area contributed by atoms with E-state index in [1.165, 1.54) is 6.20 Å². The predicted octanol–water partition coefficient (Wildman–Crippen LogP) is 2.47. The lowest BCUT2D eigenvalue weighted by molar-refractivity contribution is -0.145. The Morgan fingerprint density at radius 2 is 1.84 bits per heavy atom. The number of halogens is 1. The van der Waals surface area contributed by atoms with Crippen LogP contribution in [0.2, 0.25) is 0 Å². The highest BCUT2D eigenvalue weighted by molar-refractivity contribution is 5.93. The summed E-state index contributed by atoms with van der Waals surface area (Å²) in [5.74, 6) is -0.0430. The molecule has 1 heterocycles. The highest BCUT2D eigenvalue weighted by Gasteiger charge is 2.09. The highest BCUT2D eigenvalue weighted by Crippen LogP contribution is 2.22. The molecule has 1 aromatic carbocycles. The zero-order valence-corrected chi connectivity index (χ0v) is 15.0. The molecule has 2 aromatic rings. The molecule has 1 N–H and O–H groups in total. The van der Waals surface area contributed by atoms with Gasteiger partial charge in [0.25, 0.3) is 5.91 Å². The van der Waals surface area contributed by atoms with Gasteiger partial charge < -0.3 is 14.8 Å². The second-order valence-electron chi connectivity index (χ2n) is 5.23. The van der Waals surface area contributed by atoms with Gasteiger partial charge in [0.15, 0.2) is 6.61 Å². The molecule has 0 saturated carbocycles. The van der Waals surface area contributed by atoms with E-state index < -0.39 is 5.97 Å². The summed E-state index contributed by atoms with van der Waals surface area (Å²) in [4.78, 5) is 27.3. The number of hydrogen-bond donors (Lipinski definition) is 1. The average molecular weight is 365 g/mol. The molecule has 1 aromatic heterocycles. The molecule has 0 unspecified atom stereocenters. The van der Waals surface area contributed by atoms with Crippen LogP contribution >= 0.6 is 12.4 Å². The normalized spacial score (nSPS) is 9.68. The van der Waals surface area contributed by atoms with E-state index in [0.29, 0.717) is 11.3 Å². The van der Waals surface area contributed by atoms with Crippen LogP contribution in [-0.2, 0) is 9.53 Å². The Balaban J connectivity index is 0.00000312. The second-order valence-corrected chi connectivity index (χ2v) is 5.23. The van der Waals surface area contributed by atoms with Crippen LogP contribution in [0.1, 0.15) is 21.5 Å². The summed E-state index contributed by atoms with van der Waals surface area (Å²) in [6, 6.07) is 9.11. The topological polar surface area (TPSA) is 77.5 Å². The van der Waals surface area contributed by atoms with E-state index in [1.54, 1.807) is 18.3 Å². The summed E-state index contributed by atoms with van der Waals surface area (Å²) >= 11 is 0. The number of nitrogens with zero attached hydrogens (tertiary/aromatic N) is 1. The van der Waals surface area contributed by atoms with Crippen LogP contribution in [0.25, 0.3) is 0 Å². The van der Waals surface area contributed by atoms with Crippen molar-refractivity contribution in [1.29, 1.82) is 0 Å². The van der Waals surface area contributed by atoms with Crippen molar-refractivity contribution in [2.75, 3.05) is 19.8 Å². The third-order valence-electron chi connectivity index (χ3n) is 3.32. The molecule has 0 aliphatic heterocycles. The standard InChI is InChI=1S/C18H20N2O4.ClH/c1-13-5-3-6-14(2)17(13)24-12-16(21)23-10-9-20-18(22)15-7-4-8-19-11-15;/h3-8,11H,9-10,12H2,1-2H3,(H,20,22);1H. The summed E-state index contributed by atoms with van der Waals surface area (Å²) in [7, 11) is 0. The molecule has 0 bridgehead atoms. The van der Waals surface area contributed by atoms with E-state index in [-0.39, 0.29) is 38.1 Å². The van der Waals surface area contributed by atoms with Crippen molar-refractivity contribution in [2.24, 2.45) is 0 Å². The summed E-state index contributed by atoms with van der Waals surface area (Å²) in [5, 5.41) is 2.65. The Morgan fingerprint density at radius 3 is 2.48 bits per heavy atom. The molecule has 134 valence electrons. The first-order chi connectivity index (χ1) is 11.6. The van der Waals surface area contributed by atoms with E-state index in [9.17, 15) is 9.59 Å². The van der Waals surface area contributed by atoms with Crippen molar-refractivity contribution in [1.82, 2.24) is 10.3 Å². The van der Waals surface area contributed by atoms with Crippen molar-refractivity contribution < 1.29 is 19.1 Å². The third kappa shape index (κ3) is 6.43. The van der Waals surface area contributed by atoms with E-state index in [2.05, 4.69) is 10.3 Å². The minimum atomic E-state index is -0.478. The number of aromatic nitrogens is 1. The van der Waals surface area contributed by atoms with Crippen molar-refractivity contribution in [3.63, 3.8) is 0 Å². The van der Waals surface area contributed by atoms with Crippen LogP contribution in [0.5, 0.6) is 5.75 Å². The largest absolute Gasteiger partial charge is 0.481 e. The molecule has 25 heavy (non-hydrogen) atoms. The molecule has 0 radical (unpaired) electrons. The molecular formula is C18H21ClN2O4. The molecule has 0 atom stereocenters. The Hall–Kier alpha value is -2.60. The monoisotopic (exact) mass is 364 g/mol. The number of amides is 1. The van der Waals surface area contributed by atoms with Gasteiger partial charge in [0, 0.05) is 12.4 Å². The fraction of sp³-hybridized carbons (Fsp3) is 0.278. The Labute approximate surface area is 153 Å². The minimum absolute atomic E-state index is 0. The smallest absolute Gasteiger partial charge is 0.344 e. The van der Waals surface area contributed by atoms with Gasteiger partial charge >= 0.3 is 5.97 Å². The number of benzene rings is 1. The van der Waals surface area contributed by atoms with Gasteiger partial charge in [-0.25, -0.2) is 4.79 Å². The fourth-order valence-corrected chi connectivity index (χ4v) is 2.13. The van der Waals surface area contributed by atoms with Gasteiger partial charge in [0.05, 0.1) is 12.1 Å². The summed E-state index contributed by atoms with van der Waals surface area (Å²) < 4.78 is 10.5. The first-order valence-corrected chi connectivity index (χ1v) is 7.61. The number of hydrogen-bond acceptors (Lipinski definition) is 5. The maximum atomic E-state index is 11.8. The minimum Gasteiger partial charge on any atom is -0.481 e. The first-order valence-electron chi connectivity index (χ1n) is 7.61. The lowest BCUT2D eigenvalue weighted by Crippen LogP contribution is -2.29. The van der Waals surface area contributed by atoms with Gasteiger partial charge in [-0.1, -0.05) is 18.2 Å². The van der Waals surface area contributed by atoms with Crippen molar-refractivity contribution >= 4 is 24.3 Å². The molecular weight excluding hydrogens is 344 g/mol. The molecule has 0 aliphatic rings. The van der Waals surface area contributed by atoms with Crippen LogP contribution in [0.3, 0.4) is 0 Å². The Kier molecular flexibility index (Phi) is 8.43. The zero-order chi connectivity index (χ0) is 17.4. The number of nitrogens with one attached hydrogen (secondary N) is 1. The molecule has 7 heteroatoms. The maximum absolute atomic E-state index is 11.8. The number of aryl methyl sites for hydroxylation is 2. The lowest BCUT2D eigenvalue weighted by atomic mass is 10.1. The number of carbonyl (C=O) groups is 2. The molecule has 0 saturated heterocycles. The number of ether oxygens (including phenoxy) is 2. The van der Waals surface area contributed by atoms with Crippen LogP contribution in [0, 0.1) is 13.8 Å². The van der Waals surface area contributed by atoms with E-state index in [0.717, 1.165) is 11.1 Å². The summed E-state index contributed by atoms with van der Waals surface area (Å²) in [5.41, 5.74) is 2.39. The SMILES string of the molecule is Cc1cccc(C)c1OCC(=O)OCCNC(=O)c1cccnc1.Cl. The van der Waals surface area contributed by atoms with Gasteiger partial charge in [-0.3, -0.25) is 9.78 Å². The Morgan fingerprint density at radius 1 is 1.12 bits per heavy atom. The van der Waals surface area contributed by atoms with Crippen LogP contribution < -0.4 is 10.1 Å². The van der Waals surface area contributed by atoms with Crippen molar-refractivity contribution in [3.05, 3.63) is 59.4 Å². The number of para-hydroxylation sites is 1. The van der Waals surface area contributed by atoms with Crippen molar-refractivity contribution in [2.45, 2.75) is 13.8 Å². The zero-order valence-electron chi connectivity index (χ0n) is 14.2. The molecule has 0 aliphatic carbocycles. The number of esters is 1. The fourth-order valence-electron chi connectivity index (χ4n) is 2.13. The molecule has 0 fully saturated rings. The maximum Gasteiger partial charge on any atom is 0.344 e. The van der Waals surface area contributed by atoms with Crippen LogP contribution in [0.4, 0.5) is 0 Å². The first kappa shape index (κ1) is 20.4. The van der Waals surface area contributed by atoms with Gasteiger partial charge in [-0.15, -0.1) is 12.4 Å². The highest BCUT2D eigenvalue weighted by atomic mass is 35.5. The second kappa shape index (κ2) is 10.3. The van der Waals surface area contributed by atoms with E-state index in [1.807, 2.05) is 32.0 Å². The van der Waals surface area contributed by atoms with Gasteiger partial charge in [0.1, 0.15) is 12.4 Å². The Bertz CT molecular complexity index is 687. The number of pyridine rings is 1. The molecule has 6 nitrogen and oxygen atoms in total. The lowest BCUT2D eigenvalue weighted by Gasteiger charge is -2.11. The van der Waals surface area contributed by atoms with E-state index >= 15 is 0 Å². The average Bonchev–Trinajstić information content (AvgIpc) is 2.59. The third-order valence-corrected chi connectivity index (χ3v) is 3.32. The van der Waals surface area contributed by atoms with Gasteiger partial charge in [-0.2, -0.15) is 0 Å². The quantitative estimate of drug-likeness (QED) is 0.603. The van der Waals surface area contributed by atoms with Gasteiger partial charge in [-0.05, 0) is 37.1 Å². The summed E-state index contributed by atoms with van der Waals surface area (Å²) in [6.07, 6.45) is 3.06. The number of rotatable bonds is 7. The molecule has 0 spiro atoms. The van der Waals surface area contributed by atoms with Crippen molar-refractivity contribution in [3.8, 4) is 5.75 Å². The molecule has 2 rings (SSSR count). The van der Waals surface area contributed by atoms with Gasteiger partial charge in [0.2, 0.25) is 0 Å². The number of carbonyl (C=O) groups excluding carboxylic acids is 2.